The number of likely N-dealkylation sites (N-methyl/N-ethyl adjacent to an activating group) is 1. The highest BCUT2D eigenvalue weighted by atomic mass is 19.2. The number of amides is 1. The predicted molar refractivity (Wildman–Crippen MR) is 103 cm³/mol. The van der Waals surface area contributed by atoms with Crippen molar-refractivity contribution in [3.05, 3.63) is 65.2 Å². The zero-order chi connectivity index (χ0) is 20.5. The Labute approximate surface area is 164 Å². The number of hydrogen-bond donors (Lipinski definition) is 2. The second-order valence-corrected chi connectivity index (χ2v) is 6.49. The van der Waals surface area contributed by atoms with Crippen LogP contribution in [0.15, 0.2) is 42.5 Å². The molecule has 0 aromatic heterocycles. The Hall–Kier alpha value is -2.51. The largest absolute Gasteiger partial charge is 0.484 e. The molecule has 2 N–H and O–H groups in total. The van der Waals surface area contributed by atoms with E-state index < -0.39 is 17.7 Å². The van der Waals surface area contributed by atoms with Gasteiger partial charge in [-0.05, 0) is 37.1 Å². The number of carbonyl (C=O) groups excluding carboxylic acids is 1. The Morgan fingerprint density at radius 2 is 1.86 bits per heavy atom. The molecular weight excluding hydrogens is 366 g/mol. The maximum Gasteiger partial charge on any atom is 0.257 e. The molecule has 0 aliphatic carbocycles. The number of nitrogens with one attached hydrogen (secondary N) is 2. The van der Waals surface area contributed by atoms with Crippen LogP contribution in [-0.4, -0.2) is 39.3 Å². The molecule has 2 atom stereocenters. The van der Waals surface area contributed by atoms with Gasteiger partial charge in [0.05, 0.1) is 6.10 Å². The molecule has 0 aliphatic rings. The second-order valence-electron chi connectivity index (χ2n) is 6.49. The number of halogens is 2. The van der Waals surface area contributed by atoms with E-state index in [1.54, 1.807) is 7.05 Å². The van der Waals surface area contributed by atoms with Crippen molar-refractivity contribution in [1.82, 2.24) is 10.6 Å². The summed E-state index contributed by atoms with van der Waals surface area (Å²) in [4.78, 5) is 11.2. The summed E-state index contributed by atoms with van der Waals surface area (Å²) in [5.41, 5.74) is 1.28. The van der Waals surface area contributed by atoms with E-state index in [1.165, 1.54) is 19.2 Å². The van der Waals surface area contributed by atoms with Gasteiger partial charge in [0, 0.05) is 32.3 Å². The third kappa shape index (κ3) is 6.28. The smallest absolute Gasteiger partial charge is 0.257 e. The molecule has 28 heavy (non-hydrogen) atoms. The van der Waals surface area contributed by atoms with Crippen LogP contribution in [0.1, 0.15) is 24.2 Å². The lowest BCUT2D eigenvalue weighted by Crippen LogP contribution is -2.33. The average Bonchev–Trinajstić information content (AvgIpc) is 2.70. The number of ether oxygens (including phenoxy) is 2. The summed E-state index contributed by atoms with van der Waals surface area (Å²) in [6.45, 7) is 2.33. The minimum Gasteiger partial charge on any atom is -0.484 e. The summed E-state index contributed by atoms with van der Waals surface area (Å²) in [6.07, 6.45) is 0.149. The minimum absolute atomic E-state index is 0.0249. The summed E-state index contributed by atoms with van der Waals surface area (Å²) in [5, 5.41) is 5.78. The van der Waals surface area contributed by atoms with Crippen molar-refractivity contribution in [2.75, 3.05) is 27.3 Å². The average molecular weight is 392 g/mol. The molecule has 0 saturated carbocycles. The first-order valence-corrected chi connectivity index (χ1v) is 9.07. The number of methoxy groups -OCH3 is 1. The Morgan fingerprint density at radius 3 is 2.50 bits per heavy atom. The van der Waals surface area contributed by atoms with Crippen LogP contribution in [0.2, 0.25) is 0 Å². The van der Waals surface area contributed by atoms with E-state index in [1.807, 2.05) is 31.2 Å². The lowest BCUT2D eigenvalue weighted by Gasteiger charge is -2.21. The highest BCUT2D eigenvalue weighted by Gasteiger charge is 2.18. The standard InChI is InChI=1S/C21H26F2N2O3/c1-14(11-15-7-9-16(10-8-15)28-13-20(26)24-2)25-12-19(27-3)17-5-4-6-18(22)21(17)23/h4-10,14,19,25H,11-13H2,1-3H3,(H,24,26). The molecule has 0 fully saturated rings. The van der Waals surface area contributed by atoms with Gasteiger partial charge in [-0.25, -0.2) is 8.78 Å². The van der Waals surface area contributed by atoms with Crippen LogP contribution >= 0.6 is 0 Å². The maximum atomic E-state index is 14.0. The van der Waals surface area contributed by atoms with Gasteiger partial charge < -0.3 is 20.1 Å². The van der Waals surface area contributed by atoms with Crippen molar-refractivity contribution >= 4 is 5.91 Å². The molecule has 0 spiro atoms. The first-order chi connectivity index (χ1) is 13.4. The number of rotatable bonds is 10. The zero-order valence-electron chi connectivity index (χ0n) is 16.3. The lowest BCUT2D eigenvalue weighted by atomic mass is 10.1. The predicted octanol–water partition coefficient (Wildman–Crippen LogP) is 3.00. The first-order valence-electron chi connectivity index (χ1n) is 9.07. The molecule has 0 aliphatic heterocycles. The molecule has 152 valence electrons. The fourth-order valence-corrected chi connectivity index (χ4v) is 2.77. The number of benzene rings is 2. The van der Waals surface area contributed by atoms with Crippen LogP contribution in [0.5, 0.6) is 5.75 Å². The van der Waals surface area contributed by atoms with Crippen LogP contribution < -0.4 is 15.4 Å². The molecule has 0 radical (unpaired) electrons. The van der Waals surface area contributed by atoms with Gasteiger partial charge in [0.15, 0.2) is 18.2 Å². The van der Waals surface area contributed by atoms with Crippen molar-refractivity contribution in [1.29, 1.82) is 0 Å². The molecule has 0 saturated heterocycles. The molecule has 1 amide bonds. The van der Waals surface area contributed by atoms with Gasteiger partial charge in [-0.2, -0.15) is 0 Å². The molecule has 2 rings (SSSR count). The molecule has 0 heterocycles. The Balaban J connectivity index is 1.86. The third-order valence-electron chi connectivity index (χ3n) is 4.38. The monoisotopic (exact) mass is 392 g/mol. The Bertz CT molecular complexity index is 769. The molecule has 2 aromatic rings. The fraction of sp³-hybridized carbons (Fsp3) is 0.381. The van der Waals surface area contributed by atoms with Crippen molar-refractivity contribution < 1.29 is 23.0 Å². The maximum absolute atomic E-state index is 14.0. The molecule has 0 bridgehead atoms. The normalized spacial score (nSPS) is 13.0. The van der Waals surface area contributed by atoms with Crippen LogP contribution in [0.25, 0.3) is 0 Å². The summed E-state index contributed by atoms with van der Waals surface area (Å²) in [6, 6.07) is 11.6. The third-order valence-corrected chi connectivity index (χ3v) is 4.38. The SMILES string of the molecule is CNC(=O)COc1ccc(CC(C)NCC(OC)c2cccc(F)c2F)cc1. The van der Waals surface area contributed by atoms with Gasteiger partial charge in [0.2, 0.25) is 0 Å². The Kier molecular flexibility index (Phi) is 8.35. The van der Waals surface area contributed by atoms with Crippen LogP contribution in [0, 0.1) is 11.6 Å². The summed E-state index contributed by atoms with van der Waals surface area (Å²) in [7, 11) is 3.03. The van der Waals surface area contributed by atoms with Gasteiger partial charge in [-0.15, -0.1) is 0 Å². The topological polar surface area (TPSA) is 59.6 Å². The molecule has 2 unspecified atom stereocenters. The highest BCUT2D eigenvalue weighted by Crippen LogP contribution is 2.21. The summed E-state index contributed by atoms with van der Waals surface area (Å²) < 4.78 is 38.1. The van der Waals surface area contributed by atoms with Gasteiger partial charge in [0.1, 0.15) is 5.75 Å². The van der Waals surface area contributed by atoms with Crippen LogP contribution in [0.3, 0.4) is 0 Å². The molecule has 2 aromatic carbocycles. The Morgan fingerprint density at radius 1 is 1.14 bits per heavy atom. The van der Waals surface area contributed by atoms with E-state index in [4.69, 9.17) is 9.47 Å². The van der Waals surface area contributed by atoms with E-state index in [-0.39, 0.29) is 24.1 Å². The summed E-state index contributed by atoms with van der Waals surface area (Å²) >= 11 is 0. The molecule has 7 heteroatoms. The quantitative estimate of drug-likeness (QED) is 0.653. The molecule has 5 nitrogen and oxygen atoms in total. The van der Waals surface area contributed by atoms with Gasteiger partial charge in [-0.3, -0.25) is 4.79 Å². The van der Waals surface area contributed by atoms with Crippen LogP contribution in [-0.2, 0) is 16.0 Å². The van der Waals surface area contributed by atoms with Crippen molar-refractivity contribution in [2.24, 2.45) is 0 Å². The zero-order valence-corrected chi connectivity index (χ0v) is 16.3. The lowest BCUT2D eigenvalue weighted by molar-refractivity contribution is -0.122. The van der Waals surface area contributed by atoms with Gasteiger partial charge in [0.25, 0.3) is 5.91 Å². The van der Waals surface area contributed by atoms with E-state index in [0.29, 0.717) is 12.3 Å². The van der Waals surface area contributed by atoms with Gasteiger partial charge in [-0.1, -0.05) is 24.3 Å². The van der Waals surface area contributed by atoms with E-state index in [2.05, 4.69) is 10.6 Å². The van der Waals surface area contributed by atoms with Crippen molar-refractivity contribution in [3.8, 4) is 5.75 Å². The van der Waals surface area contributed by atoms with Crippen molar-refractivity contribution in [2.45, 2.75) is 25.5 Å². The summed E-state index contributed by atoms with van der Waals surface area (Å²) in [5.74, 6) is -1.33. The first kappa shape index (κ1) is 21.8. The van der Waals surface area contributed by atoms with E-state index in [9.17, 15) is 13.6 Å². The van der Waals surface area contributed by atoms with Gasteiger partial charge >= 0.3 is 0 Å². The number of hydrogen-bond acceptors (Lipinski definition) is 4. The number of carbonyl (C=O) groups is 1. The van der Waals surface area contributed by atoms with E-state index in [0.717, 1.165) is 18.1 Å². The fourth-order valence-electron chi connectivity index (χ4n) is 2.77. The molecular formula is C21H26F2N2O3. The highest BCUT2D eigenvalue weighted by molar-refractivity contribution is 5.77. The minimum atomic E-state index is -0.883. The van der Waals surface area contributed by atoms with E-state index >= 15 is 0 Å². The van der Waals surface area contributed by atoms with Crippen LogP contribution in [0.4, 0.5) is 8.78 Å². The van der Waals surface area contributed by atoms with Crippen molar-refractivity contribution in [3.63, 3.8) is 0 Å². The second kappa shape index (κ2) is 10.7.